The molecule has 114 valence electrons. The largest absolute Gasteiger partial charge is 0.397 e. The van der Waals surface area contributed by atoms with E-state index in [0.717, 1.165) is 16.6 Å². The second-order valence-corrected chi connectivity index (χ2v) is 5.94. The Labute approximate surface area is 127 Å². The normalized spacial score (nSPS) is 11.2. The zero-order chi connectivity index (χ0) is 15.2. The number of amides is 1. The van der Waals surface area contributed by atoms with Crippen LogP contribution in [0.2, 0.25) is 0 Å². The topological polar surface area (TPSA) is 80.5 Å². The number of pyridine rings is 1. The molecule has 2 heterocycles. The van der Waals surface area contributed by atoms with E-state index in [1.165, 1.54) is 11.3 Å². The molecule has 6 nitrogen and oxygen atoms in total. The predicted molar refractivity (Wildman–Crippen MR) is 85.7 cm³/mol. The van der Waals surface area contributed by atoms with Crippen LogP contribution >= 0.6 is 11.3 Å². The number of nitrogens with one attached hydrogen (secondary N) is 1. The van der Waals surface area contributed by atoms with Crippen LogP contribution in [0, 0.1) is 0 Å². The minimum absolute atomic E-state index is 0.162. The first-order valence-corrected chi connectivity index (χ1v) is 7.54. The molecule has 0 saturated carbocycles. The summed E-state index contributed by atoms with van der Waals surface area (Å²) in [5, 5.41) is 3.70. The molecule has 0 spiro atoms. The van der Waals surface area contributed by atoms with Crippen molar-refractivity contribution in [2.75, 3.05) is 46.1 Å². The van der Waals surface area contributed by atoms with Crippen molar-refractivity contribution in [1.29, 1.82) is 0 Å². The van der Waals surface area contributed by atoms with E-state index in [1.54, 1.807) is 12.4 Å². The van der Waals surface area contributed by atoms with Gasteiger partial charge in [-0.25, -0.2) is 0 Å². The summed E-state index contributed by atoms with van der Waals surface area (Å²) in [6.45, 7) is 2.48. The van der Waals surface area contributed by atoms with Crippen LogP contribution in [0.1, 0.15) is 9.67 Å². The molecule has 0 aliphatic heterocycles. The number of aromatic nitrogens is 1. The fourth-order valence-corrected chi connectivity index (χ4v) is 2.81. The van der Waals surface area contributed by atoms with Crippen molar-refractivity contribution >= 4 is 33.0 Å². The molecule has 7 heteroatoms. The fraction of sp³-hybridized carbons (Fsp3) is 0.429. The van der Waals surface area contributed by atoms with Crippen molar-refractivity contribution in [2.24, 2.45) is 0 Å². The van der Waals surface area contributed by atoms with Crippen LogP contribution in [0.4, 0.5) is 5.69 Å². The quantitative estimate of drug-likeness (QED) is 0.751. The molecule has 2 rings (SSSR count). The van der Waals surface area contributed by atoms with Crippen LogP contribution in [0.15, 0.2) is 18.5 Å². The number of hydrogen-bond donors (Lipinski definition) is 2. The summed E-state index contributed by atoms with van der Waals surface area (Å²) in [7, 11) is 3.98. The minimum atomic E-state index is -0.162. The van der Waals surface area contributed by atoms with Gasteiger partial charge in [-0.3, -0.25) is 9.78 Å². The summed E-state index contributed by atoms with van der Waals surface area (Å²) in [6.07, 6.45) is 3.39. The van der Waals surface area contributed by atoms with E-state index >= 15 is 0 Å². The van der Waals surface area contributed by atoms with E-state index in [-0.39, 0.29) is 5.91 Å². The lowest BCUT2D eigenvalue weighted by Gasteiger charge is -2.10. The molecule has 0 bridgehead atoms. The SMILES string of the molecule is CN(C)CCOCCNC(=O)c1sc2cnccc2c1N. The van der Waals surface area contributed by atoms with Crippen molar-refractivity contribution in [1.82, 2.24) is 15.2 Å². The molecule has 2 aromatic rings. The highest BCUT2D eigenvalue weighted by Gasteiger charge is 2.15. The van der Waals surface area contributed by atoms with E-state index in [0.29, 0.717) is 30.3 Å². The van der Waals surface area contributed by atoms with Crippen LogP contribution < -0.4 is 11.1 Å². The molecule has 0 aromatic carbocycles. The molecule has 0 aliphatic carbocycles. The Kier molecular flexibility index (Phi) is 5.49. The Morgan fingerprint density at radius 1 is 1.48 bits per heavy atom. The van der Waals surface area contributed by atoms with Gasteiger partial charge in [-0.2, -0.15) is 0 Å². The molecule has 0 fully saturated rings. The second-order valence-electron chi connectivity index (χ2n) is 4.89. The van der Waals surface area contributed by atoms with E-state index in [4.69, 9.17) is 10.5 Å². The maximum absolute atomic E-state index is 12.1. The molecule has 0 radical (unpaired) electrons. The number of ether oxygens (including phenoxy) is 1. The zero-order valence-corrected chi connectivity index (χ0v) is 13.1. The van der Waals surface area contributed by atoms with Crippen LogP contribution in [-0.2, 0) is 4.74 Å². The number of hydrogen-bond acceptors (Lipinski definition) is 6. The van der Waals surface area contributed by atoms with Gasteiger partial charge in [-0.15, -0.1) is 11.3 Å². The van der Waals surface area contributed by atoms with Gasteiger partial charge in [0.1, 0.15) is 4.88 Å². The molecular formula is C14H20N4O2S. The van der Waals surface area contributed by atoms with Crippen LogP contribution in [-0.4, -0.2) is 56.2 Å². The van der Waals surface area contributed by atoms with E-state index in [2.05, 4.69) is 10.3 Å². The molecule has 0 aliphatic rings. The summed E-state index contributed by atoms with van der Waals surface area (Å²) in [5.74, 6) is -0.162. The van der Waals surface area contributed by atoms with Crippen molar-refractivity contribution in [3.63, 3.8) is 0 Å². The number of fused-ring (bicyclic) bond motifs is 1. The van der Waals surface area contributed by atoms with Gasteiger partial charge in [0.05, 0.1) is 23.6 Å². The number of carbonyl (C=O) groups is 1. The molecule has 0 saturated heterocycles. The average Bonchev–Trinajstić information content (AvgIpc) is 2.80. The Morgan fingerprint density at radius 3 is 3.00 bits per heavy atom. The van der Waals surface area contributed by atoms with Gasteiger partial charge in [-0.1, -0.05) is 0 Å². The van der Waals surface area contributed by atoms with Crippen molar-refractivity contribution in [3.05, 3.63) is 23.3 Å². The number of nitrogens with zero attached hydrogens (tertiary/aromatic N) is 2. The molecule has 0 atom stereocenters. The zero-order valence-electron chi connectivity index (χ0n) is 12.3. The van der Waals surface area contributed by atoms with Gasteiger partial charge in [-0.05, 0) is 20.2 Å². The average molecular weight is 308 g/mol. The van der Waals surface area contributed by atoms with E-state index in [9.17, 15) is 4.79 Å². The number of anilines is 1. The fourth-order valence-electron chi connectivity index (χ4n) is 1.81. The lowest BCUT2D eigenvalue weighted by molar-refractivity contribution is 0.0904. The molecule has 3 N–H and O–H groups in total. The van der Waals surface area contributed by atoms with Gasteiger partial charge in [0.25, 0.3) is 5.91 Å². The van der Waals surface area contributed by atoms with Crippen LogP contribution in [0.3, 0.4) is 0 Å². The lowest BCUT2D eigenvalue weighted by atomic mass is 10.2. The second kappa shape index (κ2) is 7.35. The first kappa shape index (κ1) is 15.7. The summed E-state index contributed by atoms with van der Waals surface area (Å²) >= 11 is 1.36. The third-order valence-corrected chi connectivity index (χ3v) is 4.11. The monoisotopic (exact) mass is 308 g/mol. The smallest absolute Gasteiger partial charge is 0.263 e. The number of nitrogen functional groups attached to an aromatic ring is 1. The van der Waals surface area contributed by atoms with Gasteiger partial charge < -0.3 is 20.7 Å². The van der Waals surface area contributed by atoms with Crippen molar-refractivity contribution in [2.45, 2.75) is 0 Å². The summed E-state index contributed by atoms with van der Waals surface area (Å²) in [5.41, 5.74) is 6.53. The third kappa shape index (κ3) is 4.13. The van der Waals surface area contributed by atoms with Crippen LogP contribution in [0.25, 0.3) is 10.1 Å². The predicted octanol–water partition coefficient (Wildman–Crippen LogP) is 1.19. The highest BCUT2D eigenvalue weighted by molar-refractivity contribution is 7.21. The Hall–Kier alpha value is -1.70. The minimum Gasteiger partial charge on any atom is -0.397 e. The van der Waals surface area contributed by atoms with E-state index < -0.39 is 0 Å². The Balaban J connectivity index is 1.84. The van der Waals surface area contributed by atoms with Gasteiger partial charge in [0.15, 0.2) is 0 Å². The highest BCUT2D eigenvalue weighted by Crippen LogP contribution is 2.32. The lowest BCUT2D eigenvalue weighted by Crippen LogP contribution is -2.28. The van der Waals surface area contributed by atoms with E-state index in [1.807, 2.05) is 25.1 Å². The molecule has 21 heavy (non-hydrogen) atoms. The molecule has 1 amide bonds. The summed E-state index contributed by atoms with van der Waals surface area (Å²) in [6, 6.07) is 1.82. The summed E-state index contributed by atoms with van der Waals surface area (Å²) in [4.78, 5) is 18.7. The van der Waals surface area contributed by atoms with Gasteiger partial charge in [0, 0.05) is 30.9 Å². The van der Waals surface area contributed by atoms with Crippen molar-refractivity contribution in [3.8, 4) is 0 Å². The molecule has 0 unspecified atom stereocenters. The first-order valence-electron chi connectivity index (χ1n) is 6.72. The van der Waals surface area contributed by atoms with Crippen LogP contribution in [0.5, 0.6) is 0 Å². The van der Waals surface area contributed by atoms with Gasteiger partial charge >= 0.3 is 0 Å². The first-order chi connectivity index (χ1) is 10.1. The summed E-state index contributed by atoms with van der Waals surface area (Å²) < 4.78 is 6.34. The standard InChI is InChI=1S/C14H20N4O2S/c1-18(2)6-8-20-7-5-17-14(19)13-12(15)10-3-4-16-9-11(10)21-13/h3-4,9H,5-8,15H2,1-2H3,(H,17,19). The number of thiophene rings is 1. The van der Waals surface area contributed by atoms with Crippen molar-refractivity contribution < 1.29 is 9.53 Å². The maximum atomic E-state index is 12.1. The molecule has 2 aromatic heterocycles. The molecular weight excluding hydrogens is 288 g/mol. The highest BCUT2D eigenvalue weighted by atomic mass is 32.1. The number of nitrogens with two attached hydrogens (primary N) is 1. The number of carbonyl (C=O) groups excluding carboxylic acids is 1. The van der Waals surface area contributed by atoms with Gasteiger partial charge in [0.2, 0.25) is 0 Å². The third-order valence-electron chi connectivity index (χ3n) is 2.95. The Morgan fingerprint density at radius 2 is 2.29 bits per heavy atom. The maximum Gasteiger partial charge on any atom is 0.263 e. The number of likely N-dealkylation sites (N-methyl/N-ethyl adjacent to an activating group) is 1. The Bertz CT molecular complexity index is 612. The number of rotatable bonds is 7.